The minimum absolute atomic E-state index is 0.0223. The van der Waals surface area contributed by atoms with Crippen LogP contribution in [0, 0.1) is 0 Å². The predicted octanol–water partition coefficient (Wildman–Crippen LogP) is 1.53. The number of hydrogen-bond donors (Lipinski definition) is 2. The molecule has 3 N–H and O–H groups in total. The standard InChI is InChI=1S/C10H14ClN3O3/c1-6(2)14(5-8(12)13-16)10(15)7-3-4-17-9(7)11/h3-4,6,16H,5H2,1-2H3,(H2,12,13). The van der Waals surface area contributed by atoms with Crippen LogP contribution < -0.4 is 5.73 Å². The van der Waals surface area contributed by atoms with Crippen molar-refractivity contribution in [3.63, 3.8) is 0 Å². The highest BCUT2D eigenvalue weighted by atomic mass is 35.5. The molecule has 1 amide bonds. The van der Waals surface area contributed by atoms with Crippen LogP contribution in [0.25, 0.3) is 0 Å². The predicted molar refractivity (Wildman–Crippen MR) is 63.3 cm³/mol. The van der Waals surface area contributed by atoms with Crippen molar-refractivity contribution in [1.82, 2.24) is 4.90 Å². The normalized spacial score (nSPS) is 11.9. The van der Waals surface area contributed by atoms with Gasteiger partial charge in [0.2, 0.25) is 5.22 Å². The summed E-state index contributed by atoms with van der Waals surface area (Å²) in [6, 6.07) is 1.36. The molecule has 94 valence electrons. The van der Waals surface area contributed by atoms with Crippen molar-refractivity contribution >= 4 is 23.3 Å². The molecule has 0 aromatic carbocycles. The fourth-order valence-corrected chi connectivity index (χ4v) is 1.49. The van der Waals surface area contributed by atoms with E-state index in [1.54, 1.807) is 0 Å². The highest BCUT2D eigenvalue weighted by Gasteiger charge is 2.23. The van der Waals surface area contributed by atoms with Gasteiger partial charge in [-0.15, -0.1) is 0 Å². The second kappa shape index (κ2) is 5.58. The number of halogens is 1. The van der Waals surface area contributed by atoms with E-state index in [1.165, 1.54) is 17.2 Å². The first-order valence-corrected chi connectivity index (χ1v) is 5.35. The number of carbonyl (C=O) groups is 1. The number of carbonyl (C=O) groups excluding carboxylic acids is 1. The van der Waals surface area contributed by atoms with Crippen LogP contribution >= 0.6 is 11.6 Å². The molecule has 0 spiro atoms. The Labute approximate surface area is 104 Å². The van der Waals surface area contributed by atoms with E-state index >= 15 is 0 Å². The summed E-state index contributed by atoms with van der Waals surface area (Å²) >= 11 is 5.73. The van der Waals surface area contributed by atoms with Crippen molar-refractivity contribution in [1.29, 1.82) is 0 Å². The Bertz CT molecular complexity index is 428. The molecule has 0 unspecified atom stereocenters. The number of rotatable bonds is 4. The first kappa shape index (κ1) is 13.4. The molecule has 0 aliphatic carbocycles. The molecule has 6 nitrogen and oxygen atoms in total. The Balaban J connectivity index is 2.93. The van der Waals surface area contributed by atoms with E-state index < -0.39 is 0 Å². The van der Waals surface area contributed by atoms with E-state index in [0.717, 1.165) is 0 Å². The first-order chi connectivity index (χ1) is 7.97. The average Bonchev–Trinajstić information content (AvgIpc) is 2.70. The summed E-state index contributed by atoms with van der Waals surface area (Å²) in [7, 11) is 0. The fourth-order valence-electron chi connectivity index (χ4n) is 1.30. The van der Waals surface area contributed by atoms with Crippen LogP contribution in [0.4, 0.5) is 0 Å². The van der Waals surface area contributed by atoms with Gasteiger partial charge in [0, 0.05) is 6.04 Å². The van der Waals surface area contributed by atoms with Gasteiger partial charge in [0.25, 0.3) is 5.91 Å². The zero-order valence-electron chi connectivity index (χ0n) is 9.55. The van der Waals surface area contributed by atoms with Crippen LogP contribution in [0.1, 0.15) is 24.2 Å². The Morgan fingerprint density at radius 2 is 2.35 bits per heavy atom. The maximum absolute atomic E-state index is 12.1. The Kier molecular flexibility index (Phi) is 4.39. The van der Waals surface area contributed by atoms with Gasteiger partial charge >= 0.3 is 0 Å². The van der Waals surface area contributed by atoms with Crippen molar-refractivity contribution < 1.29 is 14.4 Å². The maximum Gasteiger partial charge on any atom is 0.259 e. The fraction of sp³-hybridized carbons (Fsp3) is 0.400. The summed E-state index contributed by atoms with van der Waals surface area (Å²) in [5.74, 6) is -0.378. The zero-order chi connectivity index (χ0) is 13.0. The number of nitrogens with zero attached hydrogens (tertiary/aromatic N) is 2. The Hall–Kier alpha value is -1.69. The molecule has 1 aromatic rings. The van der Waals surface area contributed by atoms with Crippen molar-refractivity contribution in [2.45, 2.75) is 19.9 Å². The highest BCUT2D eigenvalue weighted by molar-refractivity contribution is 6.32. The molecule has 17 heavy (non-hydrogen) atoms. The lowest BCUT2D eigenvalue weighted by molar-refractivity contribution is 0.0733. The summed E-state index contributed by atoms with van der Waals surface area (Å²) in [6.45, 7) is 3.65. The third-order valence-corrected chi connectivity index (χ3v) is 2.49. The molecule has 0 aliphatic heterocycles. The van der Waals surface area contributed by atoms with Crippen LogP contribution in [-0.4, -0.2) is 34.4 Å². The van der Waals surface area contributed by atoms with E-state index in [4.69, 9.17) is 27.0 Å². The zero-order valence-corrected chi connectivity index (χ0v) is 10.3. The van der Waals surface area contributed by atoms with Crippen molar-refractivity contribution in [2.24, 2.45) is 10.9 Å². The second-order valence-electron chi connectivity index (χ2n) is 3.73. The first-order valence-electron chi connectivity index (χ1n) is 4.97. The highest BCUT2D eigenvalue weighted by Crippen LogP contribution is 2.19. The third-order valence-electron chi connectivity index (χ3n) is 2.19. The summed E-state index contributed by atoms with van der Waals surface area (Å²) in [4.78, 5) is 13.5. The van der Waals surface area contributed by atoms with Crippen LogP contribution in [0.3, 0.4) is 0 Å². The molecular formula is C10H14ClN3O3. The summed E-state index contributed by atoms with van der Waals surface area (Å²) in [5, 5.41) is 11.4. The molecule has 0 saturated carbocycles. The molecule has 0 saturated heterocycles. The minimum Gasteiger partial charge on any atom is -0.452 e. The van der Waals surface area contributed by atoms with Gasteiger partial charge in [0.05, 0.1) is 18.4 Å². The lowest BCUT2D eigenvalue weighted by atomic mass is 10.2. The second-order valence-corrected chi connectivity index (χ2v) is 4.07. The molecule has 0 atom stereocenters. The summed E-state index contributed by atoms with van der Waals surface area (Å²) in [6.07, 6.45) is 1.33. The van der Waals surface area contributed by atoms with Crippen molar-refractivity contribution in [3.05, 3.63) is 23.1 Å². The van der Waals surface area contributed by atoms with Gasteiger partial charge < -0.3 is 20.3 Å². The maximum atomic E-state index is 12.1. The molecular weight excluding hydrogens is 246 g/mol. The molecule has 0 radical (unpaired) electrons. The third kappa shape index (κ3) is 3.13. The quantitative estimate of drug-likeness (QED) is 0.371. The van der Waals surface area contributed by atoms with Gasteiger partial charge in [0.1, 0.15) is 0 Å². The largest absolute Gasteiger partial charge is 0.452 e. The van der Waals surface area contributed by atoms with E-state index in [0.29, 0.717) is 0 Å². The molecule has 1 aromatic heterocycles. The Morgan fingerprint density at radius 1 is 1.71 bits per heavy atom. The molecule has 0 fully saturated rings. The number of oxime groups is 1. The molecule has 7 heteroatoms. The molecule has 0 bridgehead atoms. The van der Waals surface area contributed by atoms with Crippen LogP contribution in [0.15, 0.2) is 21.9 Å². The van der Waals surface area contributed by atoms with Gasteiger partial charge in [-0.05, 0) is 31.5 Å². The Morgan fingerprint density at radius 3 is 2.76 bits per heavy atom. The molecule has 1 rings (SSSR count). The van der Waals surface area contributed by atoms with Crippen LogP contribution in [-0.2, 0) is 0 Å². The molecule has 0 aliphatic rings. The monoisotopic (exact) mass is 259 g/mol. The smallest absolute Gasteiger partial charge is 0.259 e. The van der Waals surface area contributed by atoms with E-state index in [2.05, 4.69) is 5.16 Å². The van der Waals surface area contributed by atoms with E-state index in [-0.39, 0.29) is 35.1 Å². The van der Waals surface area contributed by atoms with Crippen molar-refractivity contribution in [3.8, 4) is 0 Å². The lowest BCUT2D eigenvalue weighted by Crippen LogP contribution is -2.42. The van der Waals surface area contributed by atoms with Gasteiger partial charge in [0.15, 0.2) is 5.84 Å². The number of nitrogens with two attached hydrogens (primary N) is 1. The van der Waals surface area contributed by atoms with Gasteiger partial charge in [-0.25, -0.2) is 0 Å². The summed E-state index contributed by atoms with van der Waals surface area (Å²) < 4.78 is 4.85. The van der Waals surface area contributed by atoms with E-state index in [1.807, 2.05) is 13.8 Å². The number of amides is 1. The van der Waals surface area contributed by atoms with Crippen molar-refractivity contribution in [2.75, 3.05) is 6.54 Å². The number of furan rings is 1. The summed E-state index contributed by atoms with van der Waals surface area (Å²) in [5.41, 5.74) is 5.65. The average molecular weight is 260 g/mol. The van der Waals surface area contributed by atoms with Crippen LogP contribution in [0.2, 0.25) is 5.22 Å². The lowest BCUT2D eigenvalue weighted by Gasteiger charge is -2.25. The minimum atomic E-state index is -0.328. The van der Waals surface area contributed by atoms with E-state index in [9.17, 15) is 4.79 Å². The topological polar surface area (TPSA) is 92.1 Å². The number of hydrogen-bond acceptors (Lipinski definition) is 4. The van der Waals surface area contributed by atoms with Gasteiger partial charge in [-0.2, -0.15) is 0 Å². The van der Waals surface area contributed by atoms with Crippen LogP contribution in [0.5, 0.6) is 0 Å². The number of amidine groups is 1. The molecule has 1 heterocycles. The van der Waals surface area contributed by atoms with Gasteiger partial charge in [-0.3, -0.25) is 4.79 Å². The SMILES string of the molecule is CC(C)N(C/C(N)=N/O)C(=O)c1ccoc1Cl. The van der Waals surface area contributed by atoms with Gasteiger partial charge in [-0.1, -0.05) is 5.16 Å².